The Kier molecular flexibility index (Phi) is 10.8. The van der Waals surface area contributed by atoms with Crippen molar-refractivity contribution in [3.05, 3.63) is 0 Å². The van der Waals surface area contributed by atoms with Gasteiger partial charge in [-0.3, -0.25) is 0 Å². The van der Waals surface area contributed by atoms with Crippen LogP contribution in [0.2, 0.25) is 0 Å². The van der Waals surface area contributed by atoms with Crippen molar-refractivity contribution in [2.75, 3.05) is 39.6 Å². The van der Waals surface area contributed by atoms with E-state index in [-0.39, 0.29) is 6.61 Å². The summed E-state index contributed by atoms with van der Waals surface area (Å²) in [5, 5.41) is 11.7. The van der Waals surface area contributed by atoms with E-state index >= 15 is 0 Å². The SMILES string of the molecule is CC(C)NCCCOCCOCCO. The second kappa shape index (κ2) is 10.9. The summed E-state index contributed by atoms with van der Waals surface area (Å²) < 4.78 is 10.4. The molecular weight excluding hydrogens is 182 g/mol. The first-order chi connectivity index (χ1) is 6.77. The Balaban J connectivity index is 2.85. The van der Waals surface area contributed by atoms with Gasteiger partial charge in [0.05, 0.1) is 26.4 Å². The highest BCUT2D eigenvalue weighted by Crippen LogP contribution is 1.84. The van der Waals surface area contributed by atoms with Crippen LogP contribution >= 0.6 is 0 Å². The molecule has 14 heavy (non-hydrogen) atoms. The molecule has 4 heteroatoms. The molecule has 0 amide bonds. The number of hydrogen-bond donors (Lipinski definition) is 2. The molecule has 0 saturated heterocycles. The van der Waals surface area contributed by atoms with E-state index in [0.717, 1.165) is 19.6 Å². The van der Waals surface area contributed by atoms with Gasteiger partial charge in [0, 0.05) is 12.6 Å². The summed E-state index contributed by atoms with van der Waals surface area (Å²) in [7, 11) is 0. The standard InChI is InChI=1S/C10H23NO3/c1-10(2)11-4-3-6-13-8-9-14-7-5-12/h10-12H,3-9H2,1-2H3. The van der Waals surface area contributed by atoms with E-state index in [1.165, 1.54) is 0 Å². The maximum Gasteiger partial charge on any atom is 0.0701 e. The maximum absolute atomic E-state index is 8.42. The van der Waals surface area contributed by atoms with Crippen LogP contribution in [-0.4, -0.2) is 50.7 Å². The van der Waals surface area contributed by atoms with Crippen molar-refractivity contribution < 1.29 is 14.6 Å². The van der Waals surface area contributed by atoms with Crippen molar-refractivity contribution in [1.82, 2.24) is 5.32 Å². The van der Waals surface area contributed by atoms with Crippen molar-refractivity contribution in [1.29, 1.82) is 0 Å². The topological polar surface area (TPSA) is 50.7 Å². The molecule has 86 valence electrons. The van der Waals surface area contributed by atoms with Crippen LogP contribution in [0.15, 0.2) is 0 Å². The third-order valence-corrected chi connectivity index (χ3v) is 1.63. The van der Waals surface area contributed by atoms with Gasteiger partial charge in [0.25, 0.3) is 0 Å². The van der Waals surface area contributed by atoms with E-state index in [1.807, 2.05) is 0 Å². The van der Waals surface area contributed by atoms with Crippen molar-refractivity contribution in [3.63, 3.8) is 0 Å². The highest BCUT2D eigenvalue weighted by Gasteiger charge is 1.92. The molecular formula is C10H23NO3. The van der Waals surface area contributed by atoms with Gasteiger partial charge in [0.15, 0.2) is 0 Å². The molecule has 2 N–H and O–H groups in total. The fourth-order valence-corrected chi connectivity index (χ4v) is 0.951. The number of nitrogens with one attached hydrogen (secondary N) is 1. The van der Waals surface area contributed by atoms with Crippen LogP contribution in [0, 0.1) is 0 Å². The summed E-state index contributed by atoms with van der Waals surface area (Å²) in [5.41, 5.74) is 0. The number of aliphatic hydroxyl groups is 1. The number of ether oxygens (including phenoxy) is 2. The average molecular weight is 205 g/mol. The lowest BCUT2D eigenvalue weighted by atomic mass is 10.3. The first-order valence-electron chi connectivity index (χ1n) is 5.27. The second-order valence-corrected chi connectivity index (χ2v) is 3.41. The van der Waals surface area contributed by atoms with Gasteiger partial charge in [-0.15, -0.1) is 0 Å². The zero-order valence-electron chi connectivity index (χ0n) is 9.29. The summed E-state index contributed by atoms with van der Waals surface area (Å²) in [6.45, 7) is 7.68. The predicted molar refractivity (Wildman–Crippen MR) is 56.5 cm³/mol. The number of aliphatic hydroxyl groups excluding tert-OH is 1. The van der Waals surface area contributed by atoms with Gasteiger partial charge in [-0.2, -0.15) is 0 Å². The molecule has 0 saturated carbocycles. The maximum atomic E-state index is 8.42. The van der Waals surface area contributed by atoms with Gasteiger partial charge in [-0.05, 0) is 13.0 Å². The highest BCUT2D eigenvalue weighted by molar-refractivity contribution is 4.51. The van der Waals surface area contributed by atoms with Gasteiger partial charge in [0.2, 0.25) is 0 Å². The number of hydrogen-bond acceptors (Lipinski definition) is 4. The van der Waals surface area contributed by atoms with Crippen LogP contribution in [0.4, 0.5) is 0 Å². The van der Waals surface area contributed by atoms with E-state index < -0.39 is 0 Å². The summed E-state index contributed by atoms with van der Waals surface area (Å²) in [6, 6.07) is 0.544. The molecule has 0 aliphatic rings. The van der Waals surface area contributed by atoms with E-state index in [0.29, 0.717) is 25.9 Å². The normalized spacial score (nSPS) is 11.1. The monoisotopic (exact) mass is 205 g/mol. The molecule has 0 aromatic heterocycles. The van der Waals surface area contributed by atoms with Crippen molar-refractivity contribution in [3.8, 4) is 0 Å². The molecule has 0 aliphatic heterocycles. The fraction of sp³-hybridized carbons (Fsp3) is 1.00. The van der Waals surface area contributed by atoms with E-state index in [4.69, 9.17) is 14.6 Å². The minimum Gasteiger partial charge on any atom is -0.394 e. The molecule has 0 atom stereocenters. The van der Waals surface area contributed by atoms with Crippen LogP contribution in [0.5, 0.6) is 0 Å². The Labute approximate surface area is 86.6 Å². The lowest BCUT2D eigenvalue weighted by molar-refractivity contribution is 0.0325. The molecule has 0 aliphatic carbocycles. The Morgan fingerprint density at radius 2 is 1.71 bits per heavy atom. The molecule has 0 radical (unpaired) electrons. The smallest absolute Gasteiger partial charge is 0.0701 e. The Bertz CT molecular complexity index is 110. The zero-order chi connectivity index (χ0) is 10.6. The first kappa shape index (κ1) is 13.8. The van der Waals surface area contributed by atoms with Crippen molar-refractivity contribution in [2.24, 2.45) is 0 Å². The van der Waals surface area contributed by atoms with Gasteiger partial charge in [-0.25, -0.2) is 0 Å². The summed E-state index contributed by atoms with van der Waals surface area (Å²) in [6.07, 6.45) is 1.03. The summed E-state index contributed by atoms with van der Waals surface area (Å²) in [4.78, 5) is 0. The van der Waals surface area contributed by atoms with E-state index in [1.54, 1.807) is 0 Å². The Morgan fingerprint density at radius 3 is 2.29 bits per heavy atom. The lowest BCUT2D eigenvalue weighted by Gasteiger charge is -2.08. The largest absolute Gasteiger partial charge is 0.394 e. The molecule has 0 aromatic rings. The van der Waals surface area contributed by atoms with Gasteiger partial charge in [0.1, 0.15) is 0 Å². The second-order valence-electron chi connectivity index (χ2n) is 3.41. The first-order valence-corrected chi connectivity index (χ1v) is 5.27. The molecule has 0 rings (SSSR count). The third kappa shape index (κ3) is 11.8. The van der Waals surface area contributed by atoms with Crippen LogP contribution < -0.4 is 5.32 Å². The van der Waals surface area contributed by atoms with Crippen LogP contribution in [0.25, 0.3) is 0 Å². The van der Waals surface area contributed by atoms with E-state index in [2.05, 4.69) is 19.2 Å². The van der Waals surface area contributed by atoms with Gasteiger partial charge >= 0.3 is 0 Å². The fourth-order valence-electron chi connectivity index (χ4n) is 0.951. The summed E-state index contributed by atoms with van der Waals surface area (Å²) >= 11 is 0. The van der Waals surface area contributed by atoms with Crippen molar-refractivity contribution in [2.45, 2.75) is 26.3 Å². The molecule has 0 aromatic carbocycles. The molecule has 0 spiro atoms. The summed E-state index contributed by atoms with van der Waals surface area (Å²) in [5.74, 6) is 0. The minimum atomic E-state index is 0.0817. The van der Waals surface area contributed by atoms with Crippen LogP contribution in [-0.2, 0) is 9.47 Å². The Hall–Kier alpha value is -0.160. The minimum absolute atomic E-state index is 0.0817. The molecule has 0 fully saturated rings. The van der Waals surface area contributed by atoms with Gasteiger partial charge < -0.3 is 19.9 Å². The quantitative estimate of drug-likeness (QED) is 0.507. The average Bonchev–Trinajstić information content (AvgIpc) is 2.15. The van der Waals surface area contributed by atoms with E-state index in [9.17, 15) is 0 Å². The molecule has 0 bridgehead atoms. The zero-order valence-corrected chi connectivity index (χ0v) is 9.29. The molecule has 0 heterocycles. The molecule has 4 nitrogen and oxygen atoms in total. The lowest BCUT2D eigenvalue weighted by Crippen LogP contribution is -2.24. The highest BCUT2D eigenvalue weighted by atomic mass is 16.5. The van der Waals surface area contributed by atoms with Crippen molar-refractivity contribution >= 4 is 0 Å². The third-order valence-electron chi connectivity index (χ3n) is 1.63. The van der Waals surface area contributed by atoms with Crippen LogP contribution in [0.1, 0.15) is 20.3 Å². The molecule has 0 unspecified atom stereocenters. The number of rotatable bonds is 10. The van der Waals surface area contributed by atoms with Crippen LogP contribution in [0.3, 0.4) is 0 Å². The Morgan fingerprint density at radius 1 is 1.07 bits per heavy atom. The van der Waals surface area contributed by atoms with Gasteiger partial charge in [-0.1, -0.05) is 13.8 Å². The predicted octanol–water partition coefficient (Wildman–Crippen LogP) is 0.400.